The maximum Gasteiger partial charge on any atom is 0.189 e. The monoisotopic (exact) mass is 287 g/mol. The van der Waals surface area contributed by atoms with E-state index in [0.29, 0.717) is 0 Å². The van der Waals surface area contributed by atoms with Crippen LogP contribution in [0.25, 0.3) is 10.9 Å². The average molecular weight is 287 g/mol. The van der Waals surface area contributed by atoms with E-state index in [4.69, 9.17) is 4.74 Å². The third-order valence-corrected chi connectivity index (χ3v) is 4.08. The highest BCUT2D eigenvalue weighted by atomic mass is 16.5. The molecule has 0 N–H and O–H groups in total. The molecule has 1 aromatic heterocycles. The standard InChI is InChI=1S/C18H25NO2/c1-4-5-6-7-8-10-14-13-16(20)15-11-9-12-17(21-3)18(15)19(14)2/h9,11-13H,4-8,10H2,1-3H3. The van der Waals surface area contributed by atoms with E-state index >= 15 is 0 Å². The van der Waals surface area contributed by atoms with Crippen LogP contribution < -0.4 is 10.2 Å². The van der Waals surface area contributed by atoms with Gasteiger partial charge in [0.1, 0.15) is 5.75 Å². The Morgan fingerprint density at radius 2 is 1.90 bits per heavy atom. The second-order valence-corrected chi connectivity index (χ2v) is 5.58. The molecule has 0 atom stereocenters. The number of aromatic nitrogens is 1. The van der Waals surface area contributed by atoms with Crippen LogP contribution in [-0.4, -0.2) is 11.7 Å². The highest BCUT2D eigenvalue weighted by Crippen LogP contribution is 2.24. The molecule has 0 spiro atoms. The largest absolute Gasteiger partial charge is 0.495 e. The lowest BCUT2D eigenvalue weighted by atomic mass is 10.1. The van der Waals surface area contributed by atoms with E-state index in [2.05, 4.69) is 11.5 Å². The zero-order valence-electron chi connectivity index (χ0n) is 13.3. The van der Waals surface area contributed by atoms with Crippen molar-refractivity contribution in [2.24, 2.45) is 7.05 Å². The van der Waals surface area contributed by atoms with Gasteiger partial charge in [0, 0.05) is 24.2 Å². The maximum absolute atomic E-state index is 12.3. The number of para-hydroxylation sites is 1. The summed E-state index contributed by atoms with van der Waals surface area (Å²) >= 11 is 0. The van der Waals surface area contributed by atoms with Crippen LogP contribution in [0.15, 0.2) is 29.1 Å². The lowest BCUT2D eigenvalue weighted by molar-refractivity contribution is 0.417. The molecule has 0 radical (unpaired) electrons. The van der Waals surface area contributed by atoms with Gasteiger partial charge in [0.25, 0.3) is 0 Å². The molecule has 3 nitrogen and oxygen atoms in total. The second-order valence-electron chi connectivity index (χ2n) is 5.58. The van der Waals surface area contributed by atoms with Crippen molar-refractivity contribution in [3.8, 4) is 5.75 Å². The predicted molar refractivity (Wildman–Crippen MR) is 88.2 cm³/mol. The van der Waals surface area contributed by atoms with Gasteiger partial charge in [0.2, 0.25) is 0 Å². The summed E-state index contributed by atoms with van der Waals surface area (Å²) in [5, 5.41) is 0.728. The number of methoxy groups -OCH3 is 1. The molecule has 114 valence electrons. The number of rotatable bonds is 7. The van der Waals surface area contributed by atoms with Crippen LogP contribution in [0, 0.1) is 0 Å². The first kappa shape index (κ1) is 15.6. The first-order valence-corrected chi connectivity index (χ1v) is 7.84. The molecule has 2 rings (SSSR count). The maximum atomic E-state index is 12.3. The van der Waals surface area contributed by atoms with Crippen LogP contribution in [0.1, 0.15) is 44.7 Å². The summed E-state index contributed by atoms with van der Waals surface area (Å²) in [7, 11) is 3.67. The Morgan fingerprint density at radius 3 is 2.62 bits per heavy atom. The number of benzene rings is 1. The molecule has 1 aromatic carbocycles. The van der Waals surface area contributed by atoms with Gasteiger partial charge in [0.15, 0.2) is 5.43 Å². The lowest BCUT2D eigenvalue weighted by Gasteiger charge is -2.14. The van der Waals surface area contributed by atoms with Crippen LogP contribution in [0.5, 0.6) is 5.75 Å². The molecular weight excluding hydrogens is 262 g/mol. The lowest BCUT2D eigenvalue weighted by Crippen LogP contribution is -2.12. The fourth-order valence-electron chi connectivity index (χ4n) is 2.85. The van der Waals surface area contributed by atoms with Crippen molar-refractivity contribution in [2.75, 3.05) is 7.11 Å². The fourth-order valence-corrected chi connectivity index (χ4v) is 2.85. The van der Waals surface area contributed by atoms with Crippen molar-refractivity contribution in [3.63, 3.8) is 0 Å². The van der Waals surface area contributed by atoms with Gasteiger partial charge in [-0.15, -0.1) is 0 Å². The molecule has 0 amide bonds. The molecule has 21 heavy (non-hydrogen) atoms. The normalized spacial score (nSPS) is 11.0. The molecule has 1 heterocycles. The number of hydrogen-bond acceptors (Lipinski definition) is 2. The van der Waals surface area contributed by atoms with E-state index in [-0.39, 0.29) is 5.43 Å². The average Bonchev–Trinajstić information content (AvgIpc) is 2.51. The minimum atomic E-state index is 0.0885. The Labute approximate surface area is 126 Å². The first-order chi connectivity index (χ1) is 10.2. The third-order valence-electron chi connectivity index (χ3n) is 4.08. The molecule has 2 aromatic rings. The van der Waals surface area contributed by atoms with E-state index in [0.717, 1.165) is 35.2 Å². The van der Waals surface area contributed by atoms with E-state index < -0.39 is 0 Å². The summed E-state index contributed by atoms with van der Waals surface area (Å²) < 4.78 is 7.52. The van der Waals surface area contributed by atoms with Crippen LogP contribution >= 0.6 is 0 Å². The Kier molecular flexibility index (Phi) is 5.43. The molecule has 0 fully saturated rings. The first-order valence-electron chi connectivity index (χ1n) is 7.84. The summed E-state index contributed by atoms with van der Waals surface area (Å²) in [6.07, 6.45) is 7.14. The number of ether oxygens (including phenoxy) is 1. The Morgan fingerprint density at radius 1 is 1.14 bits per heavy atom. The van der Waals surface area contributed by atoms with Gasteiger partial charge in [-0.25, -0.2) is 0 Å². The number of pyridine rings is 1. The van der Waals surface area contributed by atoms with Crippen molar-refractivity contribution in [2.45, 2.75) is 45.4 Å². The van der Waals surface area contributed by atoms with E-state index in [1.165, 1.54) is 25.7 Å². The van der Waals surface area contributed by atoms with Gasteiger partial charge in [0.05, 0.1) is 12.6 Å². The van der Waals surface area contributed by atoms with Gasteiger partial charge in [-0.2, -0.15) is 0 Å². The van der Waals surface area contributed by atoms with Crippen LogP contribution in [-0.2, 0) is 13.5 Å². The summed E-state index contributed by atoms with van der Waals surface area (Å²) in [5.74, 6) is 0.764. The SMILES string of the molecule is CCCCCCCc1cc(=O)c2cccc(OC)c2n1C. The van der Waals surface area contributed by atoms with E-state index in [1.807, 2.05) is 25.2 Å². The highest BCUT2D eigenvalue weighted by molar-refractivity contribution is 5.85. The minimum absolute atomic E-state index is 0.0885. The van der Waals surface area contributed by atoms with Gasteiger partial charge < -0.3 is 9.30 Å². The van der Waals surface area contributed by atoms with Gasteiger partial charge >= 0.3 is 0 Å². The zero-order valence-corrected chi connectivity index (χ0v) is 13.3. The Bertz CT molecular complexity index is 658. The van der Waals surface area contributed by atoms with Crippen LogP contribution in [0.2, 0.25) is 0 Å². The van der Waals surface area contributed by atoms with Gasteiger partial charge in [-0.05, 0) is 25.0 Å². The third kappa shape index (κ3) is 3.46. The zero-order chi connectivity index (χ0) is 15.2. The van der Waals surface area contributed by atoms with Crippen molar-refractivity contribution in [1.29, 1.82) is 0 Å². The predicted octanol–water partition coefficient (Wildman–Crippen LogP) is 4.06. The molecule has 0 aliphatic rings. The summed E-state index contributed by atoms with van der Waals surface area (Å²) in [4.78, 5) is 12.3. The molecule has 0 saturated heterocycles. The number of fused-ring (bicyclic) bond motifs is 1. The van der Waals surface area contributed by atoms with Crippen molar-refractivity contribution in [3.05, 3.63) is 40.2 Å². The van der Waals surface area contributed by atoms with Crippen molar-refractivity contribution < 1.29 is 4.74 Å². The molecule has 0 bridgehead atoms. The fraction of sp³-hybridized carbons (Fsp3) is 0.500. The highest BCUT2D eigenvalue weighted by Gasteiger charge is 2.10. The van der Waals surface area contributed by atoms with Crippen molar-refractivity contribution >= 4 is 10.9 Å². The number of nitrogens with zero attached hydrogens (tertiary/aromatic N) is 1. The molecule has 0 aliphatic carbocycles. The Hall–Kier alpha value is -1.77. The molecule has 0 saturated carbocycles. The van der Waals surface area contributed by atoms with Crippen LogP contribution in [0.4, 0.5) is 0 Å². The topological polar surface area (TPSA) is 31.2 Å². The summed E-state index contributed by atoms with van der Waals surface area (Å²) in [5.41, 5.74) is 2.08. The number of hydrogen-bond donors (Lipinski definition) is 0. The summed E-state index contributed by atoms with van der Waals surface area (Å²) in [6, 6.07) is 7.42. The number of unbranched alkanes of at least 4 members (excludes halogenated alkanes) is 4. The second kappa shape index (κ2) is 7.30. The molecule has 0 unspecified atom stereocenters. The van der Waals surface area contributed by atoms with Gasteiger partial charge in [-0.3, -0.25) is 4.79 Å². The van der Waals surface area contributed by atoms with Crippen molar-refractivity contribution in [1.82, 2.24) is 4.57 Å². The van der Waals surface area contributed by atoms with Crippen LogP contribution in [0.3, 0.4) is 0 Å². The Balaban J connectivity index is 2.29. The smallest absolute Gasteiger partial charge is 0.189 e. The quantitative estimate of drug-likeness (QED) is 0.719. The van der Waals surface area contributed by atoms with E-state index in [9.17, 15) is 4.79 Å². The van der Waals surface area contributed by atoms with E-state index in [1.54, 1.807) is 13.2 Å². The number of aryl methyl sites for hydroxylation is 2. The molecule has 0 aliphatic heterocycles. The van der Waals surface area contributed by atoms with Gasteiger partial charge in [-0.1, -0.05) is 38.7 Å². The molecular formula is C18H25NO2. The molecule has 3 heteroatoms. The summed E-state index contributed by atoms with van der Waals surface area (Å²) in [6.45, 7) is 2.22. The minimum Gasteiger partial charge on any atom is -0.495 e.